The zero-order valence-corrected chi connectivity index (χ0v) is 10.5. The van der Waals surface area contributed by atoms with Crippen molar-refractivity contribution in [1.29, 1.82) is 0 Å². The second kappa shape index (κ2) is 4.40. The van der Waals surface area contributed by atoms with Gasteiger partial charge in [0.05, 0.1) is 0 Å². The van der Waals surface area contributed by atoms with Crippen molar-refractivity contribution in [2.75, 3.05) is 11.1 Å². The first-order valence-corrected chi connectivity index (χ1v) is 6.25. The molecule has 0 aliphatic heterocycles. The number of nitrogens with two attached hydrogens (primary N) is 1. The van der Waals surface area contributed by atoms with Gasteiger partial charge >= 0.3 is 0 Å². The van der Waals surface area contributed by atoms with Crippen molar-refractivity contribution >= 4 is 17.2 Å². The maximum Gasteiger partial charge on any atom is 0.161 e. The van der Waals surface area contributed by atoms with Gasteiger partial charge in [0.1, 0.15) is 0 Å². The van der Waals surface area contributed by atoms with Crippen LogP contribution in [0.3, 0.4) is 0 Å². The molecule has 3 N–H and O–H groups in total. The molecule has 0 bridgehead atoms. The van der Waals surface area contributed by atoms with Crippen molar-refractivity contribution in [3.63, 3.8) is 0 Å². The van der Waals surface area contributed by atoms with E-state index >= 15 is 0 Å². The molecule has 1 aliphatic rings. The molecule has 0 spiro atoms. The first-order valence-electron chi connectivity index (χ1n) is 6.25. The smallest absolute Gasteiger partial charge is 0.161 e. The van der Waals surface area contributed by atoms with Gasteiger partial charge in [-0.1, -0.05) is 6.92 Å². The lowest BCUT2D eigenvalue weighted by atomic mass is 9.74. The molecule has 17 heavy (non-hydrogen) atoms. The van der Waals surface area contributed by atoms with E-state index in [1.807, 2.05) is 18.2 Å². The summed E-state index contributed by atoms with van der Waals surface area (Å²) in [4.78, 5) is 11.3. The summed E-state index contributed by atoms with van der Waals surface area (Å²) in [6.45, 7) is 3.75. The summed E-state index contributed by atoms with van der Waals surface area (Å²) in [5.41, 5.74) is 8.33. The van der Waals surface area contributed by atoms with Crippen molar-refractivity contribution in [1.82, 2.24) is 0 Å². The van der Waals surface area contributed by atoms with Gasteiger partial charge in [0.25, 0.3) is 0 Å². The van der Waals surface area contributed by atoms with Gasteiger partial charge in [-0.15, -0.1) is 0 Å². The standard InChI is InChI=1S/C14H20N2O/c1-3-14(7-4-8-14)16-11-5-6-12(10(2)17)13(15)9-11/h5-6,9,16H,3-4,7-8,15H2,1-2H3. The maximum atomic E-state index is 11.3. The number of anilines is 2. The molecule has 92 valence electrons. The van der Waals surface area contributed by atoms with Crippen LogP contribution in [-0.4, -0.2) is 11.3 Å². The Balaban J connectivity index is 2.17. The summed E-state index contributed by atoms with van der Waals surface area (Å²) in [6.07, 6.45) is 4.86. The van der Waals surface area contributed by atoms with E-state index in [1.165, 1.54) is 26.2 Å². The Kier molecular flexibility index (Phi) is 3.09. The number of nitrogens with one attached hydrogen (secondary N) is 1. The van der Waals surface area contributed by atoms with Gasteiger partial charge in [-0.25, -0.2) is 0 Å². The molecule has 1 fully saturated rings. The van der Waals surface area contributed by atoms with Gasteiger partial charge in [0, 0.05) is 22.5 Å². The molecular weight excluding hydrogens is 212 g/mol. The number of carbonyl (C=O) groups excluding carboxylic acids is 1. The van der Waals surface area contributed by atoms with Crippen LogP contribution in [0, 0.1) is 0 Å². The largest absolute Gasteiger partial charge is 0.398 e. The summed E-state index contributed by atoms with van der Waals surface area (Å²) in [7, 11) is 0. The van der Waals surface area contributed by atoms with Crippen LogP contribution < -0.4 is 11.1 Å². The fraction of sp³-hybridized carbons (Fsp3) is 0.500. The van der Waals surface area contributed by atoms with Crippen LogP contribution in [0.4, 0.5) is 11.4 Å². The molecule has 1 aliphatic carbocycles. The molecule has 1 saturated carbocycles. The minimum Gasteiger partial charge on any atom is -0.398 e. The molecule has 3 heteroatoms. The second-order valence-corrected chi connectivity index (χ2v) is 4.97. The average molecular weight is 232 g/mol. The zero-order chi connectivity index (χ0) is 12.5. The van der Waals surface area contributed by atoms with E-state index in [9.17, 15) is 4.79 Å². The molecule has 1 aromatic rings. The number of hydrogen-bond donors (Lipinski definition) is 2. The first kappa shape index (κ1) is 12.0. The Bertz CT molecular complexity index is 430. The number of nitrogen functional groups attached to an aromatic ring is 1. The van der Waals surface area contributed by atoms with Gasteiger partial charge in [-0.05, 0) is 50.8 Å². The molecule has 0 amide bonds. The summed E-state index contributed by atoms with van der Waals surface area (Å²) in [6, 6.07) is 5.62. The predicted octanol–water partition coefficient (Wildman–Crippen LogP) is 3.22. The summed E-state index contributed by atoms with van der Waals surface area (Å²) >= 11 is 0. The molecular formula is C14H20N2O. The molecule has 0 atom stereocenters. The van der Waals surface area contributed by atoms with E-state index in [0.717, 1.165) is 12.1 Å². The number of Topliss-reactive ketones (excluding diaryl/α,β-unsaturated/α-hetero) is 1. The van der Waals surface area contributed by atoms with E-state index in [0.29, 0.717) is 11.3 Å². The Morgan fingerprint density at radius 2 is 2.18 bits per heavy atom. The number of hydrogen-bond acceptors (Lipinski definition) is 3. The van der Waals surface area contributed by atoms with Crippen LogP contribution >= 0.6 is 0 Å². The van der Waals surface area contributed by atoms with E-state index in [1.54, 1.807) is 0 Å². The average Bonchev–Trinajstić information content (AvgIpc) is 2.23. The van der Waals surface area contributed by atoms with Crippen molar-refractivity contribution in [2.24, 2.45) is 0 Å². The van der Waals surface area contributed by atoms with E-state index < -0.39 is 0 Å². The van der Waals surface area contributed by atoms with E-state index in [-0.39, 0.29) is 11.3 Å². The topological polar surface area (TPSA) is 55.1 Å². The van der Waals surface area contributed by atoms with Gasteiger partial charge in [0.15, 0.2) is 5.78 Å². The third-order valence-electron chi connectivity index (χ3n) is 3.83. The number of rotatable bonds is 4. The molecule has 0 aromatic heterocycles. The van der Waals surface area contributed by atoms with Crippen LogP contribution in [0.5, 0.6) is 0 Å². The normalized spacial score (nSPS) is 17.3. The highest BCUT2D eigenvalue weighted by Crippen LogP contribution is 2.38. The minimum absolute atomic E-state index is 0.0166. The molecule has 1 aromatic carbocycles. The summed E-state index contributed by atoms with van der Waals surface area (Å²) < 4.78 is 0. The van der Waals surface area contributed by atoms with Crippen molar-refractivity contribution in [2.45, 2.75) is 45.1 Å². The first-order chi connectivity index (χ1) is 8.06. The van der Waals surface area contributed by atoms with Crippen LogP contribution in [0.25, 0.3) is 0 Å². The maximum absolute atomic E-state index is 11.3. The van der Waals surface area contributed by atoms with Gasteiger partial charge < -0.3 is 11.1 Å². The zero-order valence-electron chi connectivity index (χ0n) is 10.5. The third-order valence-corrected chi connectivity index (χ3v) is 3.83. The Hall–Kier alpha value is -1.51. The SMILES string of the molecule is CCC1(Nc2ccc(C(C)=O)c(N)c2)CCC1. The van der Waals surface area contributed by atoms with Gasteiger partial charge in [-0.2, -0.15) is 0 Å². The Labute approximate surface area is 102 Å². The Morgan fingerprint density at radius 3 is 2.59 bits per heavy atom. The van der Waals surface area contributed by atoms with E-state index in [4.69, 9.17) is 5.73 Å². The van der Waals surface area contributed by atoms with Crippen molar-refractivity contribution < 1.29 is 4.79 Å². The Morgan fingerprint density at radius 1 is 1.47 bits per heavy atom. The molecule has 0 heterocycles. The quantitative estimate of drug-likeness (QED) is 0.619. The highest BCUT2D eigenvalue weighted by atomic mass is 16.1. The minimum atomic E-state index is 0.0166. The molecule has 0 unspecified atom stereocenters. The highest BCUT2D eigenvalue weighted by molar-refractivity contribution is 5.99. The summed E-state index contributed by atoms with van der Waals surface area (Å²) in [5.74, 6) is 0.0166. The monoisotopic (exact) mass is 232 g/mol. The predicted molar refractivity (Wildman–Crippen MR) is 71.4 cm³/mol. The molecule has 0 radical (unpaired) electrons. The van der Waals surface area contributed by atoms with Crippen LogP contribution in [0.2, 0.25) is 0 Å². The van der Waals surface area contributed by atoms with Crippen molar-refractivity contribution in [3.05, 3.63) is 23.8 Å². The van der Waals surface area contributed by atoms with E-state index in [2.05, 4.69) is 12.2 Å². The molecule has 3 nitrogen and oxygen atoms in total. The number of ketones is 1. The second-order valence-electron chi connectivity index (χ2n) is 4.97. The van der Waals surface area contributed by atoms with Crippen LogP contribution in [0.1, 0.15) is 49.9 Å². The third kappa shape index (κ3) is 2.28. The van der Waals surface area contributed by atoms with Crippen molar-refractivity contribution in [3.8, 4) is 0 Å². The summed E-state index contributed by atoms with van der Waals surface area (Å²) in [5, 5.41) is 3.56. The lowest BCUT2D eigenvalue weighted by molar-refractivity contribution is 0.101. The molecule has 0 saturated heterocycles. The fourth-order valence-corrected chi connectivity index (χ4v) is 2.44. The molecule has 2 rings (SSSR count). The van der Waals surface area contributed by atoms with Gasteiger partial charge in [-0.3, -0.25) is 4.79 Å². The van der Waals surface area contributed by atoms with Gasteiger partial charge in [0.2, 0.25) is 0 Å². The van der Waals surface area contributed by atoms with Crippen LogP contribution in [-0.2, 0) is 0 Å². The fourth-order valence-electron chi connectivity index (χ4n) is 2.44. The van der Waals surface area contributed by atoms with Crippen LogP contribution in [0.15, 0.2) is 18.2 Å². The highest BCUT2D eigenvalue weighted by Gasteiger charge is 2.34. The lowest BCUT2D eigenvalue weighted by Crippen LogP contribution is -2.44. The number of benzene rings is 1. The number of carbonyl (C=O) groups is 1. The lowest BCUT2D eigenvalue weighted by Gasteiger charge is -2.43.